The van der Waals surface area contributed by atoms with Gasteiger partial charge in [0.2, 0.25) is 5.91 Å². The molecule has 1 saturated heterocycles. The van der Waals surface area contributed by atoms with E-state index in [4.69, 9.17) is 6.42 Å². The number of nitrogens with zero attached hydrogens (tertiary/aromatic N) is 3. The van der Waals surface area contributed by atoms with Crippen molar-refractivity contribution in [3.05, 3.63) is 18.7 Å². The molecule has 2 heterocycles. The smallest absolute Gasteiger partial charge is 0.223 e. The quantitative estimate of drug-likeness (QED) is 0.698. The van der Waals surface area contributed by atoms with E-state index in [1.165, 1.54) is 0 Å². The van der Waals surface area contributed by atoms with Crippen LogP contribution in [0.1, 0.15) is 12.8 Å². The van der Waals surface area contributed by atoms with Crippen molar-refractivity contribution in [1.82, 2.24) is 14.5 Å². The van der Waals surface area contributed by atoms with E-state index < -0.39 is 0 Å². The van der Waals surface area contributed by atoms with E-state index >= 15 is 0 Å². The summed E-state index contributed by atoms with van der Waals surface area (Å²) in [5.74, 6) is 2.95. The fourth-order valence-electron chi connectivity index (χ4n) is 1.96. The summed E-state index contributed by atoms with van der Waals surface area (Å²) in [6.07, 6.45) is 12.3. The Balaban J connectivity index is 1.75. The molecule has 2 rings (SSSR count). The minimum Gasteiger partial charge on any atom is -0.341 e. The normalized spacial score (nSPS) is 20.1. The maximum atomic E-state index is 11.5. The monoisotopic (exact) mass is 217 g/mol. The number of aromatic nitrogens is 2. The predicted molar refractivity (Wildman–Crippen MR) is 60.4 cm³/mol. The summed E-state index contributed by atoms with van der Waals surface area (Å²) in [5, 5.41) is 0. The third-order valence-electron chi connectivity index (χ3n) is 2.85. The highest BCUT2D eigenvalue weighted by Gasteiger charge is 2.27. The van der Waals surface area contributed by atoms with Gasteiger partial charge in [0.25, 0.3) is 0 Å². The van der Waals surface area contributed by atoms with E-state index in [2.05, 4.69) is 10.9 Å². The van der Waals surface area contributed by atoms with Crippen LogP contribution in [0.15, 0.2) is 18.7 Å². The first kappa shape index (κ1) is 10.7. The zero-order valence-electron chi connectivity index (χ0n) is 9.17. The molecule has 0 radical (unpaired) electrons. The highest BCUT2D eigenvalue weighted by molar-refractivity contribution is 5.79. The lowest BCUT2D eigenvalue weighted by molar-refractivity contribution is -0.127. The molecule has 0 spiro atoms. The Morgan fingerprint density at radius 3 is 3.06 bits per heavy atom. The molecule has 0 N–H and O–H groups in total. The number of carbonyl (C=O) groups is 1. The summed E-state index contributed by atoms with van der Waals surface area (Å²) in [5.41, 5.74) is 0. The van der Waals surface area contributed by atoms with Crippen molar-refractivity contribution in [1.29, 1.82) is 0 Å². The third-order valence-corrected chi connectivity index (χ3v) is 2.85. The van der Waals surface area contributed by atoms with Gasteiger partial charge in [0, 0.05) is 44.4 Å². The lowest BCUT2D eigenvalue weighted by Crippen LogP contribution is -2.26. The molecule has 4 heteroatoms. The van der Waals surface area contributed by atoms with Gasteiger partial charge in [-0.2, -0.15) is 0 Å². The van der Waals surface area contributed by atoms with Crippen molar-refractivity contribution in [2.24, 2.45) is 5.92 Å². The first-order chi connectivity index (χ1) is 7.79. The number of terminal acetylenes is 1. The standard InChI is InChI=1S/C12H15N3O/c1-2-11-8-12(16)15(9-11)6-3-5-14-7-4-13-10-14/h1,4,7,10-11H,3,5-6,8-9H2. The Kier molecular flexibility index (Phi) is 3.25. The van der Waals surface area contributed by atoms with Crippen LogP contribution < -0.4 is 0 Å². The van der Waals surface area contributed by atoms with Crippen molar-refractivity contribution in [3.8, 4) is 12.3 Å². The first-order valence-corrected chi connectivity index (χ1v) is 5.49. The molecule has 1 aliphatic rings. The van der Waals surface area contributed by atoms with E-state index in [0.29, 0.717) is 6.42 Å². The van der Waals surface area contributed by atoms with Gasteiger partial charge < -0.3 is 9.47 Å². The molecule has 16 heavy (non-hydrogen) atoms. The van der Waals surface area contributed by atoms with E-state index in [9.17, 15) is 4.79 Å². The number of hydrogen-bond acceptors (Lipinski definition) is 2. The Labute approximate surface area is 95.3 Å². The predicted octanol–water partition coefficient (Wildman–Crippen LogP) is 0.755. The summed E-state index contributed by atoms with van der Waals surface area (Å²) in [7, 11) is 0. The largest absolute Gasteiger partial charge is 0.341 e. The lowest BCUT2D eigenvalue weighted by atomic mass is 10.1. The van der Waals surface area contributed by atoms with Crippen LogP contribution in [0.3, 0.4) is 0 Å². The topological polar surface area (TPSA) is 38.1 Å². The lowest BCUT2D eigenvalue weighted by Gasteiger charge is -2.15. The number of aryl methyl sites for hydroxylation is 1. The molecule has 4 nitrogen and oxygen atoms in total. The fourth-order valence-corrected chi connectivity index (χ4v) is 1.96. The summed E-state index contributed by atoms with van der Waals surface area (Å²) in [4.78, 5) is 17.4. The molecular formula is C12H15N3O. The molecule has 0 saturated carbocycles. The second-order valence-corrected chi connectivity index (χ2v) is 4.06. The highest BCUT2D eigenvalue weighted by atomic mass is 16.2. The molecule has 1 aromatic rings. The van der Waals surface area contributed by atoms with E-state index in [1.807, 2.05) is 15.7 Å². The van der Waals surface area contributed by atoms with Crippen LogP contribution in [0.25, 0.3) is 0 Å². The number of imidazole rings is 1. The van der Waals surface area contributed by atoms with Crippen molar-refractivity contribution in [2.45, 2.75) is 19.4 Å². The van der Waals surface area contributed by atoms with Gasteiger partial charge in [-0.3, -0.25) is 4.79 Å². The summed E-state index contributed by atoms with van der Waals surface area (Å²) in [6.45, 7) is 2.40. The second-order valence-electron chi connectivity index (χ2n) is 4.06. The van der Waals surface area contributed by atoms with Gasteiger partial charge in [-0.15, -0.1) is 12.3 Å². The molecule has 84 valence electrons. The van der Waals surface area contributed by atoms with Crippen LogP contribution in [0.2, 0.25) is 0 Å². The Morgan fingerprint density at radius 1 is 1.56 bits per heavy atom. The molecular weight excluding hydrogens is 202 g/mol. The first-order valence-electron chi connectivity index (χ1n) is 5.49. The van der Waals surface area contributed by atoms with Crippen molar-refractivity contribution in [3.63, 3.8) is 0 Å². The molecule has 1 amide bonds. The molecule has 1 fully saturated rings. The van der Waals surface area contributed by atoms with Crippen molar-refractivity contribution >= 4 is 5.91 Å². The summed E-state index contributed by atoms with van der Waals surface area (Å²) < 4.78 is 2.01. The Hall–Kier alpha value is -1.76. The van der Waals surface area contributed by atoms with Crippen LogP contribution >= 0.6 is 0 Å². The maximum absolute atomic E-state index is 11.5. The minimum absolute atomic E-state index is 0.112. The van der Waals surface area contributed by atoms with Crippen LogP contribution in [0.4, 0.5) is 0 Å². The molecule has 0 bridgehead atoms. The minimum atomic E-state index is 0.112. The van der Waals surface area contributed by atoms with Crippen molar-refractivity contribution < 1.29 is 4.79 Å². The Morgan fingerprint density at radius 2 is 2.44 bits per heavy atom. The van der Waals surface area contributed by atoms with Crippen LogP contribution in [-0.2, 0) is 11.3 Å². The average Bonchev–Trinajstić information content (AvgIpc) is 2.89. The number of rotatable bonds is 4. The van der Waals surface area contributed by atoms with Gasteiger partial charge >= 0.3 is 0 Å². The third kappa shape index (κ3) is 2.43. The molecule has 0 aliphatic carbocycles. The summed E-state index contributed by atoms with van der Waals surface area (Å²) >= 11 is 0. The summed E-state index contributed by atoms with van der Waals surface area (Å²) in [6, 6.07) is 0. The number of likely N-dealkylation sites (tertiary alicyclic amines) is 1. The van der Waals surface area contributed by atoms with Gasteiger partial charge in [-0.25, -0.2) is 4.98 Å². The second kappa shape index (κ2) is 4.84. The van der Waals surface area contributed by atoms with Crippen molar-refractivity contribution in [2.75, 3.05) is 13.1 Å². The van der Waals surface area contributed by atoms with Gasteiger partial charge in [0.15, 0.2) is 0 Å². The highest BCUT2D eigenvalue weighted by Crippen LogP contribution is 2.16. The van der Waals surface area contributed by atoms with Gasteiger partial charge in [-0.05, 0) is 6.42 Å². The molecule has 1 aromatic heterocycles. The number of carbonyl (C=O) groups excluding carboxylic acids is 1. The van der Waals surface area contributed by atoms with Gasteiger partial charge in [0.05, 0.1) is 6.33 Å². The zero-order valence-corrected chi connectivity index (χ0v) is 9.17. The number of hydrogen-bond donors (Lipinski definition) is 0. The van der Waals surface area contributed by atoms with Crippen LogP contribution in [0.5, 0.6) is 0 Å². The fraction of sp³-hybridized carbons (Fsp3) is 0.500. The van der Waals surface area contributed by atoms with E-state index in [-0.39, 0.29) is 11.8 Å². The number of amides is 1. The van der Waals surface area contributed by atoms with Gasteiger partial charge in [-0.1, -0.05) is 0 Å². The molecule has 1 atom stereocenters. The van der Waals surface area contributed by atoms with Crippen LogP contribution in [-0.4, -0.2) is 33.4 Å². The SMILES string of the molecule is C#CC1CC(=O)N(CCCn2ccnc2)C1. The zero-order chi connectivity index (χ0) is 11.4. The maximum Gasteiger partial charge on any atom is 0.223 e. The molecule has 1 unspecified atom stereocenters. The molecule has 0 aromatic carbocycles. The van der Waals surface area contributed by atoms with E-state index in [1.54, 1.807) is 12.5 Å². The van der Waals surface area contributed by atoms with Gasteiger partial charge in [0.1, 0.15) is 0 Å². The Bertz CT molecular complexity index is 391. The van der Waals surface area contributed by atoms with Crippen LogP contribution in [0, 0.1) is 18.3 Å². The average molecular weight is 217 g/mol. The van der Waals surface area contributed by atoms with E-state index in [0.717, 1.165) is 26.1 Å². The molecule has 1 aliphatic heterocycles.